The van der Waals surface area contributed by atoms with E-state index in [2.05, 4.69) is 168 Å². The molecule has 1 N–H and O–H groups in total. The van der Waals surface area contributed by atoms with Gasteiger partial charge in [-0.1, -0.05) is 115 Å². The van der Waals surface area contributed by atoms with Crippen molar-refractivity contribution in [2.45, 2.75) is 6.42 Å². The molecule has 0 bridgehead atoms. The second kappa shape index (κ2) is 11.7. The summed E-state index contributed by atoms with van der Waals surface area (Å²) >= 11 is 0. The van der Waals surface area contributed by atoms with Crippen molar-refractivity contribution in [2.24, 2.45) is 0 Å². The quantitative estimate of drug-likeness (QED) is 0.203. The molecule has 7 aromatic rings. The average molecular weight is 577 g/mol. The van der Waals surface area contributed by atoms with Crippen LogP contribution >= 0.6 is 0 Å². The van der Waals surface area contributed by atoms with Gasteiger partial charge in [-0.3, -0.25) is 0 Å². The molecule has 0 aliphatic heterocycles. The highest BCUT2D eigenvalue weighted by Crippen LogP contribution is 2.41. The maximum Gasteiger partial charge on any atom is 0.0462 e. The maximum atomic E-state index is 3.48. The highest BCUT2D eigenvalue weighted by molar-refractivity contribution is 5.84. The largest absolute Gasteiger partial charge is 0.356 e. The number of anilines is 5. The van der Waals surface area contributed by atoms with E-state index in [1.54, 1.807) is 0 Å². The first-order chi connectivity index (χ1) is 22.3. The van der Waals surface area contributed by atoms with E-state index in [9.17, 15) is 0 Å². The lowest BCUT2D eigenvalue weighted by atomic mass is 9.98. The van der Waals surface area contributed by atoms with Gasteiger partial charge in [-0.2, -0.15) is 0 Å². The van der Waals surface area contributed by atoms with Crippen LogP contribution in [0.3, 0.4) is 0 Å². The summed E-state index contributed by atoms with van der Waals surface area (Å²) in [4.78, 5) is 2.30. The molecule has 214 valence electrons. The van der Waals surface area contributed by atoms with Crippen molar-refractivity contribution in [1.29, 1.82) is 0 Å². The molecule has 0 spiro atoms. The molecule has 0 atom stereocenters. The van der Waals surface area contributed by atoms with Gasteiger partial charge < -0.3 is 10.2 Å². The maximum absolute atomic E-state index is 3.48. The number of nitrogens with one attached hydrogen (secondary N) is 1. The summed E-state index contributed by atoms with van der Waals surface area (Å²) in [6, 6.07) is 62.9. The molecule has 1 aliphatic carbocycles. The lowest BCUT2D eigenvalue weighted by Gasteiger charge is -2.25. The van der Waals surface area contributed by atoms with Crippen molar-refractivity contribution in [1.82, 2.24) is 0 Å². The van der Waals surface area contributed by atoms with Crippen LogP contribution in [0.2, 0.25) is 0 Å². The minimum absolute atomic E-state index is 0.952. The van der Waals surface area contributed by atoms with Gasteiger partial charge in [0, 0.05) is 28.4 Å². The second-order valence-corrected chi connectivity index (χ2v) is 11.5. The molecule has 8 rings (SSSR count). The number of rotatable bonds is 7. The molecule has 0 aromatic heterocycles. The summed E-state index contributed by atoms with van der Waals surface area (Å²) < 4.78 is 0. The van der Waals surface area contributed by atoms with Gasteiger partial charge >= 0.3 is 0 Å². The van der Waals surface area contributed by atoms with Gasteiger partial charge in [0.15, 0.2) is 0 Å². The van der Waals surface area contributed by atoms with Crippen LogP contribution in [0.4, 0.5) is 28.4 Å². The molecule has 0 radical (unpaired) electrons. The molecule has 1 aliphatic rings. The van der Waals surface area contributed by atoms with E-state index in [4.69, 9.17) is 0 Å². The first-order valence-electron chi connectivity index (χ1n) is 15.5. The molecule has 0 unspecified atom stereocenters. The monoisotopic (exact) mass is 576 g/mol. The Morgan fingerprint density at radius 3 is 1.27 bits per heavy atom. The van der Waals surface area contributed by atoms with E-state index >= 15 is 0 Å². The third kappa shape index (κ3) is 5.39. The average Bonchev–Trinajstić information content (AvgIpc) is 3.48. The Bertz CT molecular complexity index is 2030. The third-order valence-electron chi connectivity index (χ3n) is 8.65. The van der Waals surface area contributed by atoms with Crippen LogP contribution in [0.1, 0.15) is 11.1 Å². The minimum atomic E-state index is 0.952. The highest BCUT2D eigenvalue weighted by atomic mass is 15.1. The minimum Gasteiger partial charge on any atom is -0.356 e. The number of nitrogens with zero attached hydrogens (tertiary/aromatic N) is 1. The van der Waals surface area contributed by atoms with Crippen molar-refractivity contribution >= 4 is 28.4 Å². The summed E-state index contributed by atoms with van der Waals surface area (Å²) in [5.74, 6) is 0. The van der Waals surface area contributed by atoms with Crippen LogP contribution in [-0.2, 0) is 6.42 Å². The van der Waals surface area contributed by atoms with Crippen LogP contribution in [0.25, 0.3) is 33.4 Å². The standard InChI is InChI=1S/C43H32N2/c1-4-10-37(11-5-1)44-38-22-16-31(17-23-38)33-20-26-42-35(28-33)30-36-29-34(21-27-43(36)42)32-18-24-41(25-19-32)45(39-12-6-2-7-13-39)40-14-8-3-9-15-40/h1-29,44H,30H2. The van der Waals surface area contributed by atoms with E-state index in [0.717, 1.165) is 34.9 Å². The predicted octanol–water partition coefficient (Wildman–Crippen LogP) is 11.8. The zero-order chi connectivity index (χ0) is 30.0. The summed E-state index contributed by atoms with van der Waals surface area (Å²) in [6.45, 7) is 0. The second-order valence-electron chi connectivity index (χ2n) is 11.5. The van der Waals surface area contributed by atoms with Crippen molar-refractivity contribution in [3.63, 3.8) is 0 Å². The molecule has 0 amide bonds. The molecule has 0 fully saturated rings. The topological polar surface area (TPSA) is 15.3 Å². The van der Waals surface area contributed by atoms with Crippen LogP contribution in [0.5, 0.6) is 0 Å². The fourth-order valence-corrected chi connectivity index (χ4v) is 6.41. The summed E-state index contributed by atoms with van der Waals surface area (Å²) in [6.07, 6.45) is 0.952. The van der Waals surface area contributed by atoms with E-state index < -0.39 is 0 Å². The summed E-state index contributed by atoms with van der Waals surface area (Å²) in [5, 5.41) is 3.48. The number of benzene rings is 7. The van der Waals surface area contributed by atoms with Crippen molar-refractivity contribution in [3.05, 3.63) is 187 Å². The fourth-order valence-electron chi connectivity index (χ4n) is 6.41. The zero-order valence-corrected chi connectivity index (χ0v) is 24.9. The fraction of sp³-hybridized carbons (Fsp3) is 0.0233. The SMILES string of the molecule is c1ccc(Nc2ccc(-c3ccc4c(c3)Cc3cc(-c5ccc(N(c6ccccc6)c6ccccc6)cc5)ccc3-4)cc2)cc1. The zero-order valence-electron chi connectivity index (χ0n) is 24.9. The Morgan fingerprint density at radius 2 is 0.756 bits per heavy atom. The van der Waals surface area contributed by atoms with Crippen LogP contribution in [0.15, 0.2) is 176 Å². The van der Waals surface area contributed by atoms with Crippen LogP contribution in [0, 0.1) is 0 Å². The van der Waals surface area contributed by atoms with Crippen molar-refractivity contribution in [2.75, 3.05) is 10.2 Å². The van der Waals surface area contributed by atoms with Gasteiger partial charge in [-0.05, 0) is 112 Å². The third-order valence-corrected chi connectivity index (χ3v) is 8.65. The van der Waals surface area contributed by atoms with Crippen molar-refractivity contribution in [3.8, 4) is 33.4 Å². The first kappa shape index (κ1) is 26.7. The van der Waals surface area contributed by atoms with Gasteiger partial charge in [0.05, 0.1) is 0 Å². The van der Waals surface area contributed by atoms with Gasteiger partial charge in [-0.15, -0.1) is 0 Å². The number of hydrogen-bond donors (Lipinski definition) is 1. The van der Waals surface area contributed by atoms with Crippen LogP contribution in [-0.4, -0.2) is 0 Å². The van der Waals surface area contributed by atoms with E-state index in [1.807, 2.05) is 18.2 Å². The number of para-hydroxylation sites is 3. The lowest BCUT2D eigenvalue weighted by Crippen LogP contribution is -2.09. The normalized spacial score (nSPS) is 11.5. The number of fused-ring (bicyclic) bond motifs is 3. The Kier molecular flexibility index (Phi) is 6.94. The molecular formula is C43H32N2. The molecule has 2 nitrogen and oxygen atoms in total. The van der Waals surface area contributed by atoms with E-state index in [-0.39, 0.29) is 0 Å². The predicted molar refractivity (Wildman–Crippen MR) is 190 cm³/mol. The van der Waals surface area contributed by atoms with Gasteiger partial charge in [-0.25, -0.2) is 0 Å². The Morgan fingerprint density at radius 1 is 0.356 bits per heavy atom. The first-order valence-corrected chi connectivity index (χ1v) is 15.5. The Labute approximate surface area is 264 Å². The summed E-state index contributed by atoms with van der Waals surface area (Å²) in [7, 11) is 0. The van der Waals surface area contributed by atoms with Gasteiger partial charge in [0.2, 0.25) is 0 Å². The summed E-state index contributed by atoms with van der Waals surface area (Å²) in [5.41, 5.74) is 16.0. The van der Waals surface area contributed by atoms with E-state index in [1.165, 1.54) is 44.5 Å². The smallest absolute Gasteiger partial charge is 0.0462 e. The Hall–Kier alpha value is -5.86. The molecule has 0 saturated carbocycles. The molecular weight excluding hydrogens is 544 g/mol. The molecule has 0 heterocycles. The molecule has 0 saturated heterocycles. The van der Waals surface area contributed by atoms with Gasteiger partial charge in [0.25, 0.3) is 0 Å². The molecule has 45 heavy (non-hydrogen) atoms. The Balaban J connectivity index is 1.02. The molecule has 7 aromatic carbocycles. The van der Waals surface area contributed by atoms with Crippen molar-refractivity contribution < 1.29 is 0 Å². The molecule has 2 heteroatoms. The highest BCUT2D eigenvalue weighted by Gasteiger charge is 2.20. The van der Waals surface area contributed by atoms with Crippen LogP contribution < -0.4 is 10.2 Å². The van der Waals surface area contributed by atoms with E-state index in [0.29, 0.717) is 0 Å². The lowest BCUT2D eigenvalue weighted by molar-refractivity contribution is 1.26. The van der Waals surface area contributed by atoms with Gasteiger partial charge in [0.1, 0.15) is 0 Å². The number of hydrogen-bond acceptors (Lipinski definition) is 2.